The third-order valence-corrected chi connectivity index (χ3v) is 3.99. The molecule has 2 aliphatic heterocycles. The van der Waals surface area contributed by atoms with Gasteiger partial charge in [0.1, 0.15) is 11.8 Å². The number of aromatic nitrogens is 1. The van der Waals surface area contributed by atoms with Gasteiger partial charge in [-0.3, -0.25) is 4.79 Å². The zero-order chi connectivity index (χ0) is 16.4. The maximum absolute atomic E-state index is 12.2. The van der Waals surface area contributed by atoms with Crippen molar-refractivity contribution in [3.8, 4) is 11.8 Å². The summed E-state index contributed by atoms with van der Waals surface area (Å²) < 4.78 is 16.8. The van der Waals surface area contributed by atoms with Crippen LogP contribution in [-0.2, 0) is 19.0 Å². The summed E-state index contributed by atoms with van der Waals surface area (Å²) in [5, 5.41) is 0. The Morgan fingerprint density at radius 1 is 1.48 bits per heavy atom. The number of pyridine rings is 1. The Kier molecular flexibility index (Phi) is 4.35. The van der Waals surface area contributed by atoms with Gasteiger partial charge in [0.25, 0.3) is 5.91 Å². The molecule has 23 heavy (non-hydrogen) atoms. The quantitative estimate of drug-likeness (QED) is 0.610. The van der Waals surface area contributed by atoms with Gasteiger partial charge in [0.05, 0.1) is 19.2 Å². The molecule has 2 fully saturated rings. The number of likely N-dealkylation sites (tertiary alicyclic amines) is 1. The van der Waals surface area contributed by atoms with Gasteiger partial charge >= 0.3 is 0 Å². The topological polar surface area (TPSA) is 60.9 Å². The van der Waals surface area contributed by atoms with Crippen molar-refractivity contribution in [1.29, 1.82) is 0 Å². The van der Waals surface area contributed by atoms with Crippen LogP contribution >= 0.6 is 0 Å². The van der Waals surface area contributed by atoms with Gasteiger partial charge in [-0.25, -0.2) is 4.98 Å². The molecule has 1 aromatic rings. The van der Waals surface area contributed by atoms with Crippen LogP contribution in [0.25, 0.3) is 0 Å². The zero-order valence-electron chi connectivity index (χ0n) is 13.5. The van der Waals surface area contributed by atoms with Crippen molar-refractivity contribution in [2.75, 3.05) is 20.3 Å². The molecule has 1 amide bonds. The Morgan fingerprint density at radius 3 is 2.91 bits per heavy atom. The average Bonchev–Trinajstić information content (AvgIpc) is 2.89. The fourth-order valence-corrected chi connectivity index (χ4v) is 2.89. The van der Waals surface area contributed by atoms with Crippen molar-refractivity contribution in [3.05, 3.63) is 30.1 Å². The van der Waals surface area contributed by atoms with E-state index >= 15 is 0 Å². The monoisotopic (exact) mass is 316 g/mol. The van der Waals surface area contributed by atoms with E-state index in [-0.39, 0.29) is 18.1 Å². The minimum Gasteiger partial charge on any atom is -0.369 e. The van der Waals surface area contributed by atoms with Gasteiger partial charge in [-0.15, -0.1) is 0 Å². The third-order valence-electron chi connectivity index (χ3n) is 3.99. The van der Waals surface area contributed by atoms with Crippen molar-refractivity contribution in [2.24, 2.45) is 0 Å². The molecule has 6 nitrogen and oxygen atoms in total. The number of β-lactam (4-membered cyclic amide) rings is 1. The molecule has 0 radical (unpaired) electrons. The van der Waals surface area contributed by atoms with E-state index in [1.54, 1.807) is 11.1 Å². The van der Waals surface area contributed by atoms with Crippen molar-refractivity contribution in [2.45, 2.75) is 37.9 Å². The van der Waals surface area contributed by atoms with Crippen LogP contribution in [0.5, 0.6) is 0 Å². The van der Waals surface area contributed by atoms with Crippen LogP contribution in [0.2, 0.25) is 0 Å². The van der Waals surface area contributed by atoms with Gasteiger partial charge in [-0.05, 0) is 31.9 Å². The number of amides is 1. The maximum atomic E-state index is 12.2. The minimum absolute atomic E-state index is 0.0684. The Hall–Kier alpha value is -1.94. The molecule has 0 bridgehead atoms. The third kappa shape index (κ3) is 3.22. The summed E-state index contributed by atoms with van der Waals surface area (Å²) in [4.78, 5) is 18.0. The number of carbonyl (C=O) groups excluding carboxylic acids is 1. The molecule has 3 atom stereocenters. The first-order chi connectivity index (χ1) is 11.0. The van der Waals surface area contributed by atoms with E-state index < -0.39 is 11.9 Å². The van der Waals surface area contributed by atoms with Crippen LogP contribution in [-0.4, -0.2) is 60.1 Å². The lowest BCUT2D eigenvalue weighted by Gasteiger charge is -2.47. The summed E-state index contributed by atoms with van der Waals surface area (Å²) in [6, 6.07) is 5.37. The highest BCUT2D eigenvalue weighted by Gasteiger charge is 2.54. The van der Waals surface area contributed by atoms with Gasteiger partial charge in [0.2, 0.25) is 0 Å². The fraction of sp³-hybridized carbons (Fsp3) is 0.529. The molecule has 0 unspecified atom stereocenters. The molecule has 0 saturated carbocycles. The molecular weight excluding hydrogens is 296 g/mol. The van der Waals surface area contributed by atoms with Crippen molar-refractivity contribution in [3.63, 3.8) is 0 Å². The van der Waals surface area contributed by atoms with Crippen LogP contribution < -0.4 is 0 Å². The molecule has 0 spiro atoms. The van der Waals surface area contributed by atoms with Crippen molar-refractivity contribution < 1.29 is 19.0 Å². The molecule has 2 saturated heterocycles. The molecule has 122 valence electrons. The first kappa shape index (κ1) is 15.9. The van der Waals surface area contributed by atoms with E-state index in [1.165, 1.54) is 7.11 Å². The molecule has 0 aliphatic carbocycles. The van der Waals surface area contributed by atoms with Crippen LogP contribution in [0.4, 0.5) is 0 Å². The molecule has 0 aromatic carbocycles. The second-order valence-electron chi connectivity index (χ2n) is 6.00. The number of hydrogen-bond acceptors (Lipinski definition) is 5. The average molecular weight is 316 g/mol. The fourth-order valence-electron chi connectivity index (χ4n) is 2.89. The van der Waals surface area contributed by atoms with Gasteiger partial charge in [0, 0.05) is 13.3 Å². The van der Waals surface area contributed by atoms with Crippen molar-refractivity contribution >= 4 is 5.91 Å². The van der Waals surface area contributed by atoms with E-state index in [2.05, 4.69) is 16.8 Å². The normalized spacial score (nSPS) is 28.9. The molecule has 0 N–H and O–H groups in total. The van der Waals surface area contributed by atoms with Crippen LogP contribution in [0.1, 0.15) is 19.5 Å². The van der Waals surface area contributed by atoms with Crippen LogP contribution in [0.3, 0.4) is 0 Å². The number of rotatable bonds is 3. The largest absolute Gasteiger partial charge is 0.369 e. The Bertz CT molecular complexity index is 635. The Balaban J connectivity index is 1.68. The molecule has 6 heteroatoms. The zero-order valence-corrected chi connectivity index (χ0v) is 13.5. The number of hydrogen-bond donors (Lipinski definition) is 0. The van der Waals surface area contributed by atoms with Gasteiger partial charge < -0.3 is 19.1 Å². The lowest BCUT2D eigenvalue weighted by molar-refractivity contribution is -0.191. The molecule has 3 heterocycles. The van der Waals surface area contributed by atoms with E-state index in [0.29, 0.717) is 18.8 Å². The molecular formula is C17H20N2O4. The van der Waals surface area contributed by atoms with Crippen LogP contribution in [0, 0.1) is 11.8 Å². The lowest BCUT2D eigenvalue weighted by Crippen LogP contribution is -2.70. The smallest absolute Gasteiger partial charge is 0.255 e. The van der Waals surface area contributed by atoms with E-state index in [1.807, 2.05) is 32.0 Å². The summed E-state index contributed by atoms with van der Waals surface area (Å²) in [6.07, 6.45) is 0.993. The lowest BCUT2D eigenvalue weighted by atomic mass is 9.92. The SMILES string of the molecule is CO[C@H]1C(=O)N(CC#Cc2ccccn2)[C@H]1[C@H]1COC(C)(C)O1. The molecule has 1 aromatic heterocycles. The Morgan fingerprint density at radius 2 is 2.30 bits per heavy atom. The second kappa shape index (κ2) is 6.28. The van der Waals surface area contributed by atoms with Crippen LogP contribution in [0.15, 0.2) is 24.4 Å². The molecule has 3 rings (SSSR count). The molecule has 2 aliphatic rings. The number of methoxy groups -OCH3 is 1. The van der Waals surface area contributed by atoms with Crippen molar-refractivity contribution in [1.82, 2.24) is 9.88 Å². The summed E-state index contributed by atoms with van der Waals surface area (Å²) in [7, 11) is 1.54. The minimum atomic E-state index is -0.632. The first-order valence-electron chi connectivity index (χ1n) is 7.57. The van der Waals surface area contributed by atoms with E-state index in [0.717, 1.165) is 0 Å². The second-order valence-corrected chi connectivity index (χ2v) is 6.00. The number of ether oxygens (including phenoxy) is 3. The van der Waals surface area contributed by atoms with Gasteiger partial charge in [-0.2, -0.15) is 0 Å². The first-order valence-corrected chi connectivity index (χ1v) is 7.57. The maximum Gasteiger partial charge on any atom is 0.255 e. The predicted molar refractivity (Wildman–Crippen MR) is 82.3 cm³/mol. The van der Waals surface area contributed by atoms with Gasteiger partial charge in [-0.1, -0.05) is 12.0 Å². The summed E-state index contributed by atoms with van der Waals surface area (Å²) in [5.74, 6) is 5.25. The predicted octanol–water partition coefficient (Wildman–Crippen LogP) is 0.810. The highest BCUT2D eigenvalue weighted by Crippen LogP contribution is 2.33. The van der Waals surface area contributed by atoms with E-state index in [4.69, 9.17) is 14.2 Å². The number of nitrogens with zero attached hydrogens (tertiary/aromatic N) is 2. The standard InChI is InChI=1S/C17H20N2O4/c1-17(2)22-11-13(23-17)14-15(21-3)16(20)19(14)10-6-8-12-7-4-5-9-18-12/h4-5,7,9,13-15H,10-11H2,1-3H3/t13-,14+,15-/m1/s1. The highest BCUT2D eigenvalue weighted by molar-refractivity contribution is 5.89. The summed E-state index contributed by atoms with van der Waals surface area (Å²) in [6.45, 7) is 4.48. The highest BCUT2D eigenvalue weighted by atomic mass is 16.7. The summed E-state index contributed by atoms with van der Waals surface area (Å²) in [5.41, 5.74) is 0.682. The Labute approximate surface area is 135 Å². The number of carbonyl (C=O) groups is 1. The summed E-state index contributed by atoms with van der Waals surface area (Å²) >= 11 is 0. The van der Waals surface area contributed by atoms with Gasteiger partial charge in [0.15, 0.2) is 11.9 Å². The van der Waals surface area contributed by atoms with E-state index in [9.17, 15) is 4.79 Å².